The molecule has 2 heterocycles. The minimum atomic E-state index is 0.0463. The Morgan fingerprint density at radius 3 is 3.00 bits per heavy atom. The summed E-state index contributed by atoms with van der Waals surface area (Å²) in [5, 5.41) is 6.21. The van der Waals surface area contributed by atoms with Gasteiger partial charge >= 0.3 is 0 Å². The summed E-state index contributed by atoms with van der Waals surface area (Å²) in [6.07, 6.45) is 0.503. The fourth-order valence-corrected chi connectivity index (χ4v) is 2.64. The Morgan fingerprint density at radius 2 is 2.23 bits per heavy atom. The fourth-order valence-electron chi connectivity index (χ4n) is 2.64. The van der Waals surface area contributed by atoms with Crippen LogP contribution < -0.4 is 10.6 Å². The van der Waals surface area contributed by atoms with Crippen molar-refractivity contribution in [3.63, 3.8) is 0 Å². The summed E-state index contributed by atoms with van der Waals surface area (Å²) in [7, 11) is 0. The van der Waals surface area contributed by atoms with E-state index in [-0.39, 0.29) is 5.91 Å². The van der Waals surface area contributed by atoms with Crippen LogP contribution in [0.4, 0.5) is 5.69 Å². The number of morpholine rings is 1. The second kappa shape index (κ2) is 7.38. The lowest BCUT2D eigenvalue weighted by atomic mass is 10.2. The van der Waals surface area contributed by atoms with Crippen molar-refractivity contribution in [3.05, 3.63) is 29.8 Å². The van der Waals surface area contributed by atoms with Gasteiger partial charge in [-0.25, -0.2) is 0 Å². The van der Waals surface area contributed by atoms with Gasteiger partial charge in [-0.2, -0.15) is 0 Å². The maximum Gasteiger partial charge on any atom is 0.225 e. The number of amides is 1. The molecule has 0 bridgehead atoms. The van der Waals surface area contributed by atoms with Crippen molar-refractivity contribution in [2.24, 2.45) is 4.99 Å². The molecule has 0 radical (unpaired) electrons. The van der Waals surface area contributed by atoms with E-state index in [0.29, 0.717) is 6.42 Å². The van der Waals surface area contributed by atoms with Crippen molar-refractivity contribution in [2.75, 3.05) is 51.3 Å². The summed E-state index contributed by atoms with van der Waals surface area (Å²) in [6, 6.07) is 7.81. The molecule has 1 aromatic rings. The van der Waals surface area contributed by atoms with E-state index in [4.69, 9.17) is 4.74 Å². The van der Waals surface area contributed by atoms with Gasteiger partial charge < -0.3 is 15.4 Å². The van der Waals surface area contributed by atoms with Crippen LogP contribution in [-0.4, -0.2) is 62.6 Å². The molecule has 1 saturated heterocycles. The van der Waals surface area contributed by atoms with E-state index >= 15 is 0 Å². The van der Waals surface area contributed by atoms with Gasteiger partial charge in [-0.1, -0.05) is 12.1 Å². The Labute approximate surface area is 130 Å². The molecular weight excluding hydrogens is 280 g/mol. The fraction of sp³-hybridized carbons (Fsp3) is 0.500. The zero-order chi connectivity index (χ0) is 15.2. The Hall–Kier alpha value is -1.92. The number of carbonyl (C=O) groups is 1. The summed E-state index contributed by atoms with van der Waals surface area (Å²) >= 11 is 0. The molecule has 2 N–H and O–H groups in total. The molecule has 0 atom stereocenters. The van der Waals surface area contributed by atoms with Gasteiger partial charge in [0.25, 0.3) is 0 Å². The van der Waals surface area contributed by atoms with E-state index in [1.165, 1.54) is 0 Å². The highest BCUT2D eigenvalue weighted by atomic mass is 16.5. The number of amidine groups is 1. The van der Waals surface area contributed by atoms with Crippen molar-refractivity contribution in [1.82, 2.24) is 10.2 Å². The molecule has 0 saturated carbocycles. The number of aliphatic imine (C=N–C) groups is 1. The minimum absolute atomic E-state index is 0.0463. The Bertz CT molecular complexity index is 553. The van der Waals surface area contributed by atoms with Crippen molar-refractivity contribution < 1.29 is 9.53 Å². The second-order valence-electron chi connectivity index (χ2n) is 5.49. The third kappa shape index (κ3) is 4.05. The summed E-state index contributed by atoms with van der Waals surface area (Å²) in [5.74, 6) is 0.953. The highest BCUT2D eigenvalue weighted by Crippen LogP contribution is 2.12. The molecule has 6 nitrogen and oxygen atoms in total. The Morgan fingerprint density at radius 1 is 1.36 bits per heavy atom. The molecule has 2 aliphatic heterocycles. The number of ether oxygens (including phenoxy) is 1. The molecule has 1 amide bonds. The van der Waals surface area contributed by atoms with Crippen LogP contribution in [0.25, 0.3) is 0 Å². The average Bonchev–Trinajstić information content (AvgIpc) is 3.09. The number of benzene rings is 1. The topological polar surface area (TPSA) is 66.0 Å². The number of hydrogen-bond acceptors (Lipinski definition) is 5. The molecule has 1 fully saturated rings. The number of nitrogens with zero attached hydrogens (tertiary/aromatic N) is 2. The average molecular weight is 302 g/mol. The van der Waals surface area contributed by atoms with E-state index in [1.54, 1.807) is 0 Å². The van der Waals surface area contributed by atoms with Crippen LogP contribution in [0, 0.1) is 0 Å². The van der Waals surface area contributed by atoms with E-state index in [0.717, 1.165) is 63.0 Å². The molecule has 6 heteroatoms. The third-order valence-electron chi connectivity index (χ3n) is 3.85. The smallest absolute Gasteiger partial charge is 0.225 e. The monoisotopic (exact) mass is 302 g/mol. The molecule has 0 spiro atoms. The third-order valence-corrected chi connectivity index (χ3v) is 3.85. The summed E-state index contributed by atoms with van der Waals surface area (Å²) < 4.78 is 5.30. The molecular formula is C16H22N4O2. The lowest BCUT2D eigenvalue weighted by Crippen LogP contribution is -2.38. The number of nitrogens with one attached hydrogen (secondary N) is 2. The van der Waals surface area contributed by atoms with Crippen molar-refractivity contribution >= 4 is 17.4 Å². The molecule has 22 heavy (non-hydrogen) atoms. The quantitative estimate of drug-likeness (QED) is 0.840. The van der Waals surface area contributed by atoms with Crippen molar-refractivity contribution in [3.8, 4) is 0 Å². The normalized spacial score (nSPS) is 18.6. The molecule has 1 aromatic carbocycles. The van der Waals surface area contributed by atoms with E-state index in [1.807, 2.05) is 24.3 Å². The predicted molar refractivity (Wildman–Crippen MR) is 86.4 cm³/mol. The SMILES string of the molecule is O=C(CCN1CCOCC1)Nc1cccc(C2=NCCN2)c1. The first-order chi connectivity index (χ1) is 10.8. The first-order valence-corrected chi connectivity index (χ1v) is 7.80. The van der Waals surface area contributed by atoms with Crippen LogP contribution in [-0.2, 0) is 9.53 Å². The number of carbonyl (C=O) groups excluding carboxylic acids is 1. The minimum Gasteiger partial charge on any atom is -0.379 e. The van der Waals surface area contributed by atoms with Gasteiger partial charge in [0.2, 0.25) is 5.91 Å². The maximum absolute atomic E-state index is 12.1. The summed E-state index contributed by atoms with van der Waals surface area (Å²) in [6.45, 7) is 5.82. The van der Waals surface area contributed by atoms with E-state index < -0.39 is 0 Å². The zero-order valence-electron chi connectivity index (χ0n) is 12.7. The number of hydrogen-bond donors (Lipinski definition) is 2. The van der Waals surface area contributed by atoms with Crippen LogP contribution in [0.1, 0.15) is 12.0 Å². The molecule has 0 aliphatic carbocycles. The largest absolute Gasteiger partial charge is 0.379 e. The Balaban J connectivity index is 1.51. The zero-order valence-corrected chi connectivity index (χ0v) is 12.7. The van der Waals surface area contributed by atoms with Gasteiger partial charge in [-0.05, 0) is 12.1 Å². The lowest BCUT2D eigenvalue weighted by molar-refractivity contribution is -0.116. The highest BCUT2D eigenvalue weighted by Gasteiger charge is 2.13. The van der Waals surface area contributed by atoms with Gasteiger partial charge in [0.05, 0.1) is 19.8 Å². The van der Waals surface area contributed by atoms with Crippen LogP contribution >= 0.6 is 0 Å². The molecule has 118 valence electrons. The van der Waals surface area contributed by atoms with Crippen LogP contribution in [0.15, 0.2) is 29.3 Å². The first-order valence-electron chi connectivity index (χ1n) is 7.80. The standard InChI is InChI=1S/C16H22N4O2/c21-15(4-7-20-8-10-22-11-9-20)19-14-3-1-2-13(12-14)16-17-5-6-18-16/h1-3,12H,4-11H2,(H,17,18)(H,19,21). The number of rotatable bonds is 5. The van der Waals surface area contributed by atoms with Gasteiger partial charge in [0, 0.05) is 43.9 Å². The number of anilines is 1. The summed E-state index contributed by atoms with van der Waals surface area (Å²) in [5.41, 5.74) is 1.84. The van der Waals surface area contributed by atoms with Gasteiger partial charge in [0.1, 0.15) is 5.84 Å². The van der Waals surface area contributed by atoms with E-state index in [2.05, 4.69) is 20.5 Å². The van der Waals surface area contributed by atoms with Crippen LogP contribution in [0.3, 0.4) is 0 Å². The van der Waals surface area contributed by atoms with Crippen LogP contribution in [0.5, 0.6) is 0 Å². The molecule has 2 aliphatic rings. The van der Waals surface area contributed by atoms with Crippen molar-refractivity contribution in [1.29, 1.82) is 0 Å². The molecule has 0 unspecified atom stereocenters. The summed E-state index contributed by atoms with van der Waals surface area (Å²) in [4.78, 5) is 18.7. The van der Waals surface area contributed by atoms with Gasteiger partial charge in [-0.15, -0.1) is 0 Å². The maximum atomic E-state index is 12.1. The second-order valence-corrected chi connectivity index (χ2v) is 5.49. The lowest BCUT2D eigenvalue weighted by Gasteiger charge is -2.26. The van der Waals surface area contributed by atoms with E-state index in [9.17, 15) is 4.79 Å². The van der Waals surface area contributed by atoms with Gasteiger partial charge in [0.15, 0.2) is 0 Å². The van der Waals surface area contributed by atoms with Crippen molar-refractivity contribution in [2.45, 2.75) is 6.42 Å². The molecule has 0 aromatic heterocycles. The highest BCUT2D eigenvalue weighted by molar-refractivity contribution is 6.01. The predicted octanol–water partition coefficient (Wildman–Crippen LogP) is 0.697. The van der Waals surface area contributed by atoms with Gasteiger partial charge in [-0.3, -0.25) is 14.7 Å². The first kappa shape index (κ1) is 15.0. The molecule has 3 rings (SSSR count). The van der Waals surface area contributed by atoms with Crippen LogP contribution in [0.2, 0.25) is 0 Å². The Kier molecular flexibility index (Phi) is 5.03.